The largest absolute Gasteiger partial charge is 0.466 e. The highest BCUT2D eigenvalue weighted by molar-refractivity contribution is 7.13. The van der Waals surface area contributed by atoms with Crippen LogP contribution < -0.4 is 5.32 Å². The lowest BCUT2D eigenvalue weighted by Gasteiger charge is -2.03. The molecule has 0 aliphatic rings. The predicted molar refractivity (Wildman–Crippen MR) is 81.9 cm³/mol. The van der Waals surface area contributed by atoms with Gasteiger partial charge in [0.05, 0.1) is 29.3 Å². The molecule has 7 heteroatoms. The molecule has 0 saturated carbocycles. The molecule has 0 aliphatic heterocycles. The number of thiazole rings is 1. The Bertz CT molecular complexity index is 694. The lowest BCUT2D eigenvalue weighted by Crippen LogP contribution is -2.07. The van der Waals surface area contributed by atoms with Crippen LogP contribution in [0.4, 0.5) is 10.8 Å². The topological polar surface area (TPSA) is 75.0 Å². The van der Waals surface area contributed by atoms with Gasteiger partial charge in [-0.25, -0.2) is 4.98 Å². The summed E-state index contributed by atoms with van der Waals surface area (Å²) in [6.07, 6.45) is 0.153. The Balaban J connectivity index is 2.04. The van der Waals surface area contributed by atoms with Crippen LogP contribution >= 0.6 is 22.9 Å². The minimum atomic E-state index is -0.296. The molecule has 2 rings (SSSR count). The first kappa shape index (κ1) is 15.3. The van der Waals surface area contributed by atoms with Crippen molar-refractivity contribution in [3.8, 4) is 6.07 Å². The number of carbonyl (C=O) groups excluding carboxylic acids is 1. The molecule has 0 amide bonds. The molecular formula is C14H12ClN3O2S. The fourth-order valence-electron chi connectivity index (χ4n) is 1.61. The second-order valence-corrected chi connectivity index (χ2v) is 5.32. The van der Waals surface area contributed by atoms with Gasteiger partial charge in [0.15, 0.2) is 5.13 Å². The highest BCUT2D eigenvalue weighted by Crippen LogP contribution is 2.25. The third kappa shape index (κ3) is 4.18. The van der Waals surface area contributed by atoms with Crippen molar-refractivity contribution in [3.05, 3.63) is 39.9 Å². The average Bonchev–Trinajstić information content (AvgIpc) is 2.86. The van der Waals surface area contributed by atoms with Gasteiger partial charge in [0.25, 0.3) is 0 Å². The maximum atomic E-state index is 11.4. The van der Waals surface area contributed by atoms with Crippen molar-refractivity contribution in [2.45, 2.75) is 13.3 Å². The molecule has 1 aromatic heterocycles. The zero-order valence-electron chi connectivity index (χ0n) is 11.2. The van der Waals surface area contributed by atoms with E-state index in [1.807, 2.05) is 6.07 Å². The van der Waals surface area contributed by atoms with Gasteiger partial charge in [-0.05, 0) is 25.1 Å². The van der Waals surface area contributed by atoms with Crippen molar-refractivity contribution in [2.24, 2.45) is 0 Å². The summed E-state index contributed by atoms with van der Waals surface area (Å²) in [4.78, 5) is 15.7. The van der Waals surface area contributed by atoms with Gasteiger partial charge in [-0.15, -0.1) is 11.3 Å². The molecule has 1 N–H and O–H groups in total. The molecule has 5 nitrogen and oxygen atoms in total. The highest BCUT2D eigenvalue weighted by Gasteiger charge is 2.09. The minimum absolute atomic E-state index is 0.153. The smallest absolute Gasteiger partial charge is 0.311 e. The van der Waals surface area contributed by atoms with Crippen molar-refractivity contribution in [1.82, 2.24) is 4.98 Å². The van der Waals surface area contributed by atoms with Crippen molar-refractivity contribution >= 4 is 39.7 Å². The molecule has 0 spiro atoms. The van der Waals surface area contributed by atoms with E-state index in [4.69, 9.17) is 21.6 Å². The second-order valence-electron chi connectivity index (χ2n) is 4.06. The summed E-state index contributed by atoms with van der Waals surface area (Å²) in [6.45, 7) is 2.12. The van der Waals surface area contributed by atoms with Crippen LogP contribution in [0.5, 0.6) is 0 Å². The number of nitrogens with zero attached hydrogens (tertiary/aromatic N) is 2. The summed E-state index contributed by atoms with van der Waals surface area (Å²) >= 11 is 7.35. The summed E-state index contributed by atoms with van der Waals surface area (Å²) in [5, 5.41) is 14.7. The molecule has 0 unspecified atom stereocenters. The molecule has 2 aromatic rings. The molecular weight excluding hydrogens is 310 g/mol. The van der Waals surface area contributed by atoms with Gasteiger partial charge in [0.2, 0.25) is 0 Å². The molecule has 1 heterocycles. The first-order valence-corrected chi connectivity index (χ1v) is 7.45. The molecule has 1 aromatic carbocycles. The van der Waals surface area contributed by atoms with Gasteiger partial charge in [0.1, 0.15) is 6.07 Å². The summed E-state index contributed by atoms with van der Waals surface area (Å²) < 4.78 is 4.87. The molecule has 0 radical (unpaired) electrons. The fraction of sp³-hybridized carbons (Fsp3) is 0.214. The van der Waals surface area contributed by atoms with E-state index in [1.165, 1.54) is 11.3 Å². The summed E-state index contributed by atoms with van der Waals surface area (Å²) in [7, 11) is 0. The van der Waals surface area contributed by atoms with Gasteiger partial charge in [-0.2, -0.15) is 5.26 Å². The van der Waals surface area contributed by atoms with E-state index in [9.17, 15) is 4.79 Å². The van der Waals surface area contributed by atoms with Crippen LogP contribution in [0, 0.1) is 11.3 Å². The molecule has 0 saturated heterocycles. The van der Waals surface area contributed by atoms with Gasteiger partial charge in [-0.3, -0.25) is 4.79 Å². The van der Waals surface area contributed by atoms with Crippen LogP contribution in [0.25, 0.3) is 0 Å². The Kier molecular flexibility index (Phi) is 5.14. The van der Waals surface area contributed by atoms with Crippen molar-refractivity contribution in [3.63, 3.8) is 0 Å². The molecule has 0 fully saturated rings. The number of benzene rings is 1. The molecule has 0 aliphatic carbocycles. The zero-order valence-corrected chi connectivity index (χ0v) is 12.8. The number of carbonyl (C=O) groups is 1. The molecule has 21 heavy (non-hydrogen) atoms. The average molecular weight is 322 g/mol. The maximum Gasteiger partial charge on any atom is 0.311 e. The van der Waals surface area contributed by atoms with Gasteiger partial charge in [0, 0.05) is 11.1 Å². The maximum absolute atomic E-state index is 11.4. The number of nitrogens with one attached hydrogen (secondary N) is 1. The number of rotatable bonds is 5. The van der Waals surface area contributed by atoms with E-state index in [1.54, 1.807) is 30.5 Å². The predicted octanol–water partition coefficient (Wildman–Crippen LogP) is 3.52. The third-order valence-electron chi connectivity index (χ3n) is 2.52. The van der Waals surface area contributed by atoms with E-state index in [-0.39, 0.29) is 12.4 Å². The van der Waals surface area contributed by atoms with E-state index in [2.05, 4.69) is 10.3 Å². The quantitative estimate of drug-likeness (QED) is 0.853. The van der Waals surface area contributed by atoms with E-state index >= 15 is 0 Å². The number of nitriles is 1. The van der Waals surface area contributed by atoms with Crippen molar-refractivity contribution in [1.29, 1.82) is 5.26 Å². The standard InChI is InChI=1S/C14H12ClN3O2S/c1-2-20-13(19)6-11-8-21-14(18-11)17-10-4-3-9(7-16)12(15)5-10/h3-5,8H,2,6H2,1H3,(H,17,18). The molecule has 108 valence electrons. The van der Waals surface area contributed by atoms with Crippen LogP contribution in [0.15, 0.2) is 23.6 Å². The Hall–Kier alpha value is -2.10. The first-order valence-electron chi connectivity index (χ1n) is 6.19. The SMILES string of the molecule is CCOC(=O)Cc1csc(Nc2ccc(C#N)c(Cl)c2)n1. The summed E-state index contributed by atoms with van der Waals surface area (Å²) in [6, 6.07) is 7.04. The normalized spacial score (nSPS) is 9.95. The van der Waals surface area contributed by atoms with E-state index in [0.29, 0.717) is 28.0 Å². The lowest BCUT2D eigenvalue weighted by molar-refractivity contribution is -0.142. The Labute approximate surface area is 131 Å². The second kappa shape index (κ2) is 7.07. The lowest BCUT2D eigenvalue weighted by atomic mass is 10.2. The van der Waals surface area contributed by atoms with Gasteiger partial charge in [-0.1, -0.05) is 11.6 Å². The minimum Gasteiger partial charge on any atom is -0.466 e. The Morgan fingerprint density at radius 1 is 1.57 bits per heavy atom. The van der Waals surface area contributed by atoms with E-state index < -0.39 is 0 Å². The Morgan fingerprint density at radius 2 is 2.38 bits per heavy atom. The number of anilines is 2. The number of hydrogen-bond acceptors (Lipinski definition) is 6. The van der Waals surface area contributed by atoms with Crippen molar-refractivity contribution in [2.75, 3.05) is 11.9 Å². The van der Waals surface area contributed by atoms with Gasteiger partial charge < -0.3 is 10.1 Å². The zero-order chi connectivity index (χ0) is 15.2. The number of hydrogen-bond donors (Lipinski definition) is 1. The molecule has 0 bridgehead atoms. The van der Waals surface area contributed by atoms with Crippen LogP contribution in [0.1, 0.15) is 18.2 Å². The monoisotopic (exact) mass is 321 g/mol. The fourth-order valence-corrected chi connectivity index (χ4v) is 2.57. The summed E-state index contributed by atoms with van der Waals surface area (Å²) in [5.74, 6) is -0.296. The summed E-state index contributed by atoms with van der Waals surface area (Å²) in [5.41, 5.74) is 1.81. The van der Waals surface area contributed by atoms with Crippen LogP contribution in [0.2, 0.25) is 5.02 Å². The van der Waals surface area contributed by atoms with Crippen LogP contribution in [-0.2, 0) is 16.0 Å². The number of esters is 1. The Morgan fingerprint density at radius 3 is 3.05 bits per heavy atom. The third-order valence-corrected chi connectivity index (χ3v) is 3.64. The number of ether oxygens (including phenoxy) is 1. The van der Waals surface area contributed by atoms with Crippen LogP contribution in [-0.4, -0.2) is 17.6 Å². The number of halogens is 1. The first-order chi connectivity index (χ1) is 10.1. The van der Waals surface area contributed by atoms with Crippen molar-refractivity contribution < 1.29 is 9.53 Å². The van der Waals surface area contributed by atoms with E-state index in [0.717, 1.165) is 5.69 Å². The molecule has 0 atom stereocenters. The van der Waals surface area contributed by atoms with Crippen LogP contribution in [0.3, 0.4) is 0 Å². The van der Waals surface area contributed by atoms with Gasteiger partial charge >= 0.3 is 5.97 Å². The number of aromatic nitrogens is 1. The highest BCUT2D eigenvalue weighted by atomic mass is 35.5.